The highest BCUT2D eigenvalue weighted by Crippen LogP contribution is 2.53. The standard InChI is InChI=1S/C54H59Cl2N7O2.C35H45Cl2N7O2.CH2O2/c1-51(2,3)30-28-46(62-50(65)48(39-34-44(55)36-45(56)35-39)58-53(62)31-26-40(27-32-53)52(4,5)6)37-22-24-38(25-23-37)49(64)57-33-29-47-59-61-63(60-47)54(41-16-10-7-11-17-41,42-18-12-8-13-19-42)43-20-14-9-15-21-43;1-33(2,3)15-13-28(22-7-9-23(10-8-22)31(45)38-18-14-29-40-42-43-41-29)44-32(46)30(24-19-26(36)21-27(37)20-24)39-35(44)16-11-25(12-17-35)34(4,5)6;2-1-3/h7-25,34-36,40,46H,26-33H2,1-6H3,(H,57,64);7-10,19-21,25,28H,11-18H2,1-6H3,(H,38,45)(H,40,41,42,43);1H,(H,2,3)/t40?,46-,53?;25?,28-,35?;/m11./s1. The van der Waals surface area contributed by atoms with Gasteiger partial charge in [0, 0.05) is 68.3 Å². The van der Waals surface area contributed by atoms with E-state index in [4.69, 9.17) is 71.4 Å². The van der Waals surface area contributed by atoms with Gasteiger partial charge in [0.1, 0.15) is 22.7 Å². The van der Waals surface area contributed by atoms with Crippen LogP contribution in [0, 0.1) is 33.5 Å². The van der Waals surface area contributed by atoms with Gasteiger partial charge in [0.15, 0.2) is 17.2 Å². The second-order valence-corrected chi connectivity index (χ2v) is 36.8. The molecular formula is C90H106Cl4N14O6. The van der Waals surface area contributed by atoms with Crippen LogP contribution in [0.5, 0.6) is 0 Å². The van der Waals surface area contributed by atoms with Crippen LogP contribution in [-0.4, -0.2) is 122 Å². The number of rotatable bonds is 22. The molecule has 24 heteroatoms. The Morgan fingerprint density at radius 3 is 1.19 bits per heavy atom. The fraction of sp³-hybridized carbons (Fsp3) is 0.433. The zero-order valence-corrected chi connectivity index (χ0v) is 70.4. The summed E-state index contributed by atoms with van der Waals surface area (Å²) in [5, 5.41) is 42.7. The quantitative estimate of drug-likeness (QED) is 0.0365. The molecule has 2 fully saturated rings. The summed E-state index contributed by atoms with van der Waals surface area (Å²) in [6.07, 6.45) is 11.1. The molecule has 7 aromatic carbocycles. The number of H-pyrrole nitrogens is 1. The van der Waals surface area contributed by atoms with Crippen LogP contribution in [0.3, 0.4) is 0 Å². The molecule has 2 aliphatic heterocycles. The summed E-state index contributed by atoms with van der Waals surface area (Å²) in [4.78, 5) is 81.1. The zero-order valence-electron chi connectivity index (χ0n) is 67.4. The lowest BCUT2D eigenvalue weighted by Crippen LogP contribution is -2.51. The van der Waals surface area contributed by atoms with E-state index in [1.165, 1.54) is 0 Å². The predicted octanol–water partition coefficient (Wildman–Crippen LogP) is 19.2. The number of halogens is 4. The van der Waals surface area contributed by atoms with Gasteiger partial charge in [-0.1, -0.05) is 250 Å². The molecule has 4 amide bonds. The Labute approximate surface area is 690 Å². The Kier molecular flexibility index (Phi) is 27.1. The number of carboxylic acid groups (broad SMARTS) is 1. The Morgan fingerprint density at radius 1 is 0.518 bits per heavy atom. The van der Waals surface area contributed by atoms with E-state index in [1.54, 1.807) is 41.2 Å². The summed E-state index contributed by atoms with van der Waals surface area (Å²) >= 11 is 25.8. The number of nitrogens with one attached hydrogen (secondary N) is 3. The molecule has 4 N–H and O–H groups in total. The van der Waals surface area contributed by atoms with Gasteiger partial charge >= 0.3 is 0 Å². The lowest BCUT2D eigenvalue weighted by molar-refractivity contribution is -0.134. The lowest BCUT2D eigenvalue weighted by atomic mass is 9.69. The minimum atomic E-state index is -0.882. The first-order chi connectivity index (χ1) is 54.1. The number of carbonyl (C=O) groups is 5. The molecule has 2 atom stereocenters. The molecule has 114 heavy (non-hydrogen) atoms. The molecular weight excluding hydrogens is 1510 g/mol. The van der Waals surface area contributed by atoms with Crippen molar-refractivity contribution < 1.29 is 29.1 Å². The first-order valence-electron chi connectivity index (χ1n) is 39.5. The van der Waals surface area contributed by atoms with E-state index in [0.717, 1.165) is 105 Å². The third kappa shape index (κ3) is 20.2. The van der Waals surface area contributed by atoms with E-state index in [1.807, 2.05) is 103 Å². The molecule has 0 radical (unpaired) electrons. The summed E-state index contributed by atoms with van der Waals surface area (Å²) in [6.45, 7) is 27.6. The number of hydrogen-bond donors (Lipinski definition) is 4. The molecule has 0 bridgehead atoms. The average molecular weight is 1620 g/mol. The Hall–Kier alpha value is -9.47. The van der Waals surface area contributed by atoms with Gasteiger partial charge < -0.3 is 25.5 Å². The number of aromatic amines is 1. The van der Waals surface area contributed by atoms with Crippen molar-refractivity contribution in [2.45, 2.75) is 202 Å². The van der Waals surface area contributed by atoms with Crippen molar-refractivity contribution in [2.75, 3.05) is 13.1 Å². The van der Waals surface area contributed by atoms with Crippen LogP contribution in [0.1, 0.15) is 244 Å². The molecule has 4 aliphatic rings. The van der Waals surface area contributed by atoms with Crippen LogP contribution in [0.15, 0.2) is 186 Å². The molecule has 4 heterocycles. The van der Waals surface area contributed by atoms with Crippen molar-refractivity contribution in [3.05, 3.63) is 258 Å². The fourth-order valence-electron chi connectivity index (χ4n) is 16.6. The van der Waals surface area contributed by atoms with E-state index in [9.17, 15) is 19.2 Å². The van der Waals surface area contributed by atoms with Crippen molar-refractivity contribution in [1.29, 1.82) is 0 Å². The molecule has 20 nitrogen and oxygen atoms in total. The second-order valence-electron chi connectivity index (χ2n) is 35.1. The molecule has 0 unspecified atom stereocenters. The number of carbonyl (C=O) groups excluding carboxylic acids is 4. The van der Waals surface area contributed by atoms with Gasteiger partial charge in [-0.3, -0.25) is 34.0 Å². The Morgan fingerprint density at radius 2 is 0.868 bits per heavy atom. The van der Waals surface area contributed by atoms with Crippen LogP contribution in [0.25, 0.3) is 0 Å². The van der Waals surface area contributed by atoms with Crippen LogP contribution in [0.2, 0.25) is 20.1 Å². The summed E-state index contributed by atoms with van der Waals surface area (Å²) < 4.78 is 0. The molecule has 9 aromatic rings. The van der Waals surface area contributed by atoms with E-state index < -0.39 is 16.9 Å². The maximum atomic E-state index is 14.9. The van der Waals surface area contributed by atoms with Gasteiger partial charge in [0.25, 0.3) is 30.1 Å². The average Bonchev–Trinajstić information content (AvgIpc) is 1.57. The SMILES string of the molecule is CC(C)(C)CC[C@H](c1ccc(C(=O)NCCc2nn[nH]n2)cc1)N1C(=O)C(c2cc(Cl)cc(Cl)c2)=NC12CCC(C(C)(C)C)CC2.CC(C)(C)CC[C@H](c1ccc(C(=O)NCCc2nnn(C(c3ccccc3)(c3ccccc3)c3ccccc3)n2)cc1)N1C(=O)C(c2cc(Cl)cc(Cl)c2)=NC12CCC(C(C)(C)C)CC2.O=CO. The first-order valence-corrected chi connectivity index (χ1v) is 41.0. The van der Waals surface area contributed by atoms with Gasteiger partial charge in [-0.15, -0.1) is 25.2 Å². The number of tetrazole rings is 2. The second kappa shape index (κ2) is 36.1. The van der Waals surface area contributed by atoms with Crippen molar-refractivity contribution in [2.24, 2.45) is 43.5 Å². The minimum Gasteiger partial charge on any atom is -0.483 e. The van der Waals surface area contributed by atoms with Crippen LogP contribution in [0.4, 0.5) is 0 Å². The van der Waals surface area contributed by atoms with Crippen molar-refractivity contribution in [1.82, 2.24) is 61.3 Å². The fourth-order valence-corrected chi connectivity index (χ4v) is 17.7. The molecule has 13 rings (SSSR count). The highest BCUT2D eigenvalue weighted by atomic mass is 35.5. The van der Waals surface area contributed by atoms with E-state index >= 15 is 0 Å². The third-order valence-electron chi connectivity index (χ3n) is 22.7. The van der Waals surface area contributed by atoms with E-state index in [2.05, 4.69) is 171 Å². The number of hydrogen-bond acceptors (Lipinski definition) is 13. The molecule has 2 aromatic heterocycles. The van der Waals surface area contributed by atoms with Crippen LogP contribution >= 0.6 is 46.4 Å². The maximum Gasteiger partial charge on any atom is 0.290 e. The van der Waals surface area contributed by atoms with Gasteiger partial charge in [-0.2, -0.15) is 5.21 Å². The van der Waals surface area contributed by atoms with E-state index in [-0.39, 0.29) is 63.8 Å². The predicted molar refractivity (Wildman–Crippen MR) is 451 cm³/mol. The monoisotopic (exact) mass is 1620 g/mol. The molecule has 600 valence electrons. The largest absolute Gasteiger partial charge is 0.483 e. The Bertz CT molecular complexity index is 4710. The van der Waals surface area contributed by atoms with E-state index in [0.29, 0.717) is 103 Å². The highest BCUT2D eigenvalue weighted by Gasteiger charge is 2.55. The maximum absolute atomic E-state index is 14.9. The smallest absolute Gasteiger partial charge is 0.290 e. The number of aromatic nitrogens is 8. The van der Waals surface area contributed by atoms with Gasteiger partial charge in [-0.25, -0.2) is 0 Å². The normalized spacial score (nSPS) is 19.1. The Balaban J connectivity index is 0.000000230. The van der Waals surface area contributed by atoms with Gasteiger partial charge in [0.2, 0.25) is 0 Å². The topological polar surface area (TPSA) is 259 Å². The third-order valence-corrected chi connectivity index (χ3v) is 23.6. The van der Waals surface area contributed by atoms with Crippen molar-refractivity contribution in [3.8, 4) is 0 Å². The molecule has 2 saturated carbocycles. The van der Waals surface area contributed by atoms with Gasteiger partial charge in [-0.05, 0) is 204 Å². The molecule has 2 aliphatic carbocycles. The number of benzene rings is 7. The summed E-state index contributed by atoms with van der Waals surface area (Å²) in [7, 11) is 0. The zero-order chi connectivity index (χ0) is 82.0. The summed E-state index contributed by atoms with van der Waals surface area (Å²) in [5.41, 5.74) is 6.25. The van der Waals surface area contributed by atoms with Crippen molar-refractivity contribution >= 4 is 87.9 Å². The first kappa shape index (κ1) is 85.4. The summed E-state index contributed by atoms with van der Waals surface area (Å²) in [6, 6.07) is 56.0. The van der Waals surface area contributed by atoms with Crippen molar-refractivity contribution in [3.63, 3.8) is 0 Å². The number of nitrogens with zero attached hydrogens (tertiary/aromatic N) is 11. The van der Waals surface area contributed by atoms with Crippen LogP contribution in [-0.2, 0) is 32.8 Å². The highest BCUT2D eigenvalue weighted by molar-refractivity contribution is 6.48. The number of amides is 4. The van der Waals surface area contributed by atoms with Gasteiger partial charge in [0.05, 0.1) is 12.1 Å². The minimum absolute atomic E-state index is 0.0222. The van der Waals surface area contributed by atoms with Crippen LogP contribution < -0.4 is 10.6 Å². The number of aliphatic imine (C=N–C) groups is 2. The summed E-state index contributed by atoms with van der Waals surface area (Å²) in [5.74, 6) is 1.51. The molecule has 2 spiro atoms. The lowest BCUT2D eigenvalue weighted by Gasteiger charge is -2.47. The molecule has 0 saturated heterocycles.